The maximum Gasteiger partial charge on any atom is 0.343 e. The summed E-state index contributed by atoms with van der Waals surface area (Å²) < 4.78 is 18.0. The second-order valence-corrected chi connectivity index (χ2v) is 7.17. The molecule has 4 aromatic rings. The summed E-state index contributed by atoms with van der Waals surface area (Å²) in [6.07, 6.45) is 3.12. The van der Waals surface area contributed by atoms with Crippen molar-refractivity contribution in [2.75, 3.05) is 6.79 Å². The van der Waals surface area contributed by atoms with Gasteiger partial charge in [-0.05, 0) is 18.2 Å². The van der Waals surface area contributed by atoms with Crippen LogP contribution in [-0.4, -0.2) is 27.4 Å². The van der Waals surface area contributed by atoms with Gasteiger partial charge in [-0.15, -0.1) is 0 Å². The number of ether oxygens (including phenoxy) is 3. The molecule has 0 spiro atoms. The van der Waals surface area contributed by atoms with Crippen molar-refractivity contribution in [1.82, 2.24) is 14.6 Å². The molecule has 0 saturated heterocycles. The predicted molar refractivity (Wildman–Crippen MR) is 109 cm³/mol. The van der Waals surface area contributed by atoms with Crippen molar-refractivity contribution in [3.05, 3.63) is 82.6 Å². The van der Waals surface area contributed by atoms with Crippen LogP contribution in [0, 0.1) is 0 Å². The third kappa shape index (κ3) is 3.38. The zero-order chi connectivity index (χ0) is 20.5. The molecular formula is C22H16ClN3O4. The van der Waals surface area contributed by atoms with Gasteiger partial charge in [-0.1, -0.05) is 41.9 Å². The van der Waals surface area contributed by atoms with E-state index < -0.39 is 5.97 Å². The van der Waals surface area contributed by atoms with Crippen LogP contribution in [0.5, 0.6) is 5.75 Å². The lowest BCUT2D eigenvalue weighted by Crippen LogP contribution is -2.14. The van der Waals surface area contributed by atoms with E-state index in [0.29, 0.717) is 28.6 Å². The number of hydrogen-bond donors (Lipinski definition) is 0. The summed E-state index contributed by atoms with van der Waals surface area (Å²) in [5.41, 5.74) is 4.02. The number of halogens is 1. The molecule has 150 valence electrons. The molecule has 0 saturated carbocycles. The average molecular weight is 422 g/mol. The highest BCUT2D eigenvalue weighted by Crippen LogP contribution is 2.32. The molecule has 2 aromatic heterocycles. The van der Waals surface area contributed by atoms with Crippen LogP contribution >= 0.6 is 11.6 Å². The first-order chi connectivity index (χ1) is 14.7. The van der Waals surface area contributed by atoms with Crippen LogP contribution in [0.25, 0.3) is 16.9 Å². The minimum atomic E-state index is -0.525. The average Bonchev–Trinajstić information content (AvgIpc) is 3.22. The van der Waals surface area contributed by atoms with Crippen LogP contribution in [0.3, 0.4) is 0 Å². The highest BCUT2D eigenvalue weighted by atomic mass is 35.5. The zero-order valence-electron chi connectivity index (χ0n) is 15.7. The van der Waals surface area contributed by atoms with Crippen LogP contribution in [-0.2, 0) is 22.7 Å². The molecule has 0 radical (unpaired) electrons. The molecule has 8 heteroatoms. The summed E-state index contributed by atoms with van der Waals surface area (Å²) in [4.78, 5) is 17.1. The van der Waals surface area contributed by atoms with Gasteiger partial charge in [0, 0.05) is 27.9 Å². The Hall–Kier alpha value is -3.42. The molecule has 30 heavy (non-hydrogen) atoms. The highest BCUT2D eigenvalue weighted by molar-refractivity contribution is 6.30. The van der Waals surface area contributed by atoms with Crippen LogP contribution in [0.2, 0.25) is 5.02 Å². The van der Waals surface area contributed by atoms with E-state index in [1.165, 1.54) is 6.20 Å². The lowest BCUT2D eigenvalue weighted by atomic mass is 10.1. The van der Waals surface area contributed by atoms with E-state index in [0.717, 1.165) is 16.8 Å². The number of fused-ring (bicyclic) bond motifs is 2. The number of nitrogens with zero attached hydrogens (tertiary/aromatic N) is 3. The van der Waals surface area contributed by atoms with Gasteiger partial charge in [-0.25, -0.2) is 14.3 Å². The Morgan fingerprint density at radius 2 is 2.07 bits per heavy atom. The Morgan fingerprint density at radius 3 is 2.93 bits per heavy atom. The minimum Gasteiger partial charge on any atom is -0.467 e. The largest absolute Gasteiger partial charge is 0.467 e. The SMILES string of the molecule is O=C(OCc1cc(Cl)cc2c1OCOC2)c1cnn2c(-c3ccccc3)ccnc12. The molecule has 0 unspecified atom stereocenters. The van der Waals surface area contributed by atoms with Crippen LogP contribution in [0.15, 0.2) is 60.9 Å². The second-order valence-electron chi connectivity index (χ2n) is 6.73. The van der Waals surface area contributed by atoms with E-state index in [9.17, 15) is 4.79 Å². The van der Waals surface area contributed by atoms with Crippen molar-refractivity contribution in [1.29, 1.82) is 0 Å². The number of esters is 1. The summed E-state index contributed by atoms with van der Waals surface area (Å²) in [6, 6.07) is 15.1. The van der Waals surface area contributed by atoms with Crippen molar-refractivity contribution in [3.8, 4) is 17.0 Å². The lowest BCUT2D eigenvalue weighted by molar-refractivity contribution is -0.0180. The third-order valence-corrected chi connectivity index (χ3v) is 5.02. The molecule has 1 aliphatic rings. The van der Waals surface area contributed by atoms with E-state index in [1.54, 1.807) is 22.8 Å². The van der Waals surface area contributed by atoms with Crippen molar-refractivity contribution in [3.63, 3.8) is 0 Å². The van der Waals surface area contributed by atoms with E-state index in [4.69, 9.17) is 25.8 Å². The number of rotatable bonds is 4. The normalized spacial score (nSPS) is 13.0. The maximum absolute atomic E-state index is 12.8. The first-order valence-electron chi connectivity index (χ1n) is 9.28. The predicted octanol–water partition coefficient (Wildman–Crippen LogP) is 4.27. The number of carbonyl (C=O) groups is 1. The quantitative estimate of drug-likeness (QED) is 0.458. The number of hydrogen-bond acceptors (Lipinski definition) is 6. The topological polar surface area (TPSA) is 75.0 Å². The van der Waals surface area contributed by atoms with Crippen LogP contribution < -0.4 is 4.74 Å². The molecule has 0 amide bonds. The summed E-state index contributed by atoms with van der Waals surface area (Å²) in [5.74, 6) is 0.117. The van der Waals surface area contributed by atoms with Crippen LogP contribution in [0.1, 0.15) is 21.5 Å². The molecule has 0 N–H and O–H groups in total. The third-order valence-electron chi connectivity index (χ3n) is 4.80. The van der Waals surface area contributed by atoms with Gasteiger partial charge in [0.2, 0.25) is 0 Å². The van der Waals surface area contributed by atoms with Crippen molar-refractivity contribution >= 4 is 23.2 Å². The first kappa shape index (κ1) is 18.6. The summed E-state index contributed by atoms with van der Waals surface area (Å²) in [5, 5.41) is 4.87. The summed E-state index contributed by atoms with van der Waals surface area (Å²) >= 11 is 6.18. The standard InChI is InChI=1S/C22H16ClN3O4/c23-17-8-15-11-28-13-30-20(15)16(9-17)12-29-22(27)18-10-25-26-19(6-7-24-21(18)26)14-4-2-1-3-5-14/h1-10H,11-13H2. The monoisotopic (exact) mass is 421 g/mol. The molecule has 1 aliphatic heterocycles. The van der Waals surface area contributed by atoms with Gasteiger partial charge < -0.3 is 14.2 Å². The van der Waals surface area contributed by atoms with Crippen molar-refractivity contribution in [2.24, 2.45) is 0 Å². The van der Waals surface area contributed by atoms with Crippen molar-refractivity contribution < 1.29 is 19.0 Å². The first-order valence-corrected chi connectivity index (χ1v) is 9.65. The molecule has 7 nitrogen and oxygen atoms in total. The highest BCUT2D eigenvalue weighted by Gasteiger charge is 2.21. The molecule has 0 aliphatic carbocycles. The van der Waals surface area contributed by atoms with Gasteiger partial charge in [0.1, 0.15) is 17.9 Å². The van der Waals surface area contributed by atoms with Crippen molar-refractivity contribution in [2.45, 2.75) is 13.2 Å². The fourth-order valence-electron chi connectivity index (χ4n) is 3.45. The number of benzene rings is 2. The Bertz CT molecular complexity index is 1240. The van der Waals surface area contributed by atoms with Gasteiger partial charge in [0.15, 0.2) is 12.4 Å². The summed E-state index contributed by atoms with van der Waals surface area (Å²) in [6.45, 7) is 0.560. The minimum absolute atomic E-state index is 0.0114. The molecule has 0 atom stereocenters. The van der Waals surface area contributed by atoms with Crippen LogP contribution in [0.4, 0.5) is 0 Å². The summed E-state index contributed by atoms with van der Waals surface area (Å²) in [7, 11) is 0. The van der Waals surface area contributed by atoms with Gasteiger partial charge in [0.05, 0.1) is 18.5 Å². The molecule has 5 rings (SSSR count). The smallest absolute Gasteiger partial charge is 0.343 e. The van der Waals surface area contributed by atoms with E-state index >= 15 is 0 Å². The molecule has 2 aromatic carbocycles. The maximum atomic E-state index is 12.8. The van der Waals surface area contributed by atoms with E-state index in [2.05, 4.69) is 10.1 Å². The number of aromatic nitrogens is 3. The number of carbonyl (C=O) groups excluding carboxylic acids is 1. The van der Waals surface area contributed by atoms with E-state index in [-0.39, 0.29) is 19.0 Å². The van der Waals surface area contributed by atoms with E-state index in [1.807, 2.05) is 36.4 Å². The molecule has 3 heterocycles. The zero-order valence-corrected chi connectivity index (χ0v) is 16.5. The van der Waals surface area contributed by atoms with Gasteiger partial charge >= 0.3 is 5.97 Å². The van der Waals surface area contributed by atoms with Gasteiger partial charge in [-0.2, -0.15) is 5.10 Å². The lowest BCUT2D eigenvalue weighted by Gasteiger charge is -2.21. The Morgan fingerprint density at radius 1 is 1.20 bits per heavy atom. The molecular weight excluding hydrogens is 406 g/mol. The second kappa shape index (κ2) is 7.78. The van der Waals surface area contributed by atoms with Gasteiger partial charge in [0.25, 0.3) is 0 Å². The van der Waals surface area contributed by atoms with Gasteiger partial charge in [-0.3, -0.25) is 0 Å². The Balaban J connectivity index is 1.42. The fraction of sp³-hybridized carbons (Fsp3) is 0.136. The fourth-order valence-corrected chi connectivity index (χ4v) is 3.71. The molecule has 0 bridgehead atoms. The Labute approximate surface area is 176 Å². The Kier molecular flexibility index (Phi) is 4.82. The molecule has 0 fully saturated rings.